The van der Waals surface area contributed by atoms with Gasteiger partial charge in [0.15, 0.2) is 10.4 Å². The van der Waals surface area contributed by atoms with Gasteiger partial charge < -0.3 is 19.0 Å². The van der Waals surface area contributed by atoms with E-state index in [1.807, 2.05) is 16.7 Å². The average Bonchev–Trinajstić information content (AvgIpc) is 2.76. The summed E-state index contributed by atoms with van der Waals surface area (Å²) in [7, 11) is 1.62. The first-order chi connectivity index (χ1) is 9.28. The number of nitrogens with zero attached hydrogens (tertiary/aromatic N) is 2. The zero-order valence-corrected chi connectivity index (χ0v) is 11.7. The van der Waals surface area contributed by atoms with Crippen molar-refractivity contribution in [2.75, 3.05) is 20.3 Å². The summed E-state index contributed by atoms with van der Waals surface area (Å²) < 4.78 is 13.5. The van der Waals surface area contributed by atoms with Gasteiger partial charge in [0.1, 0.15) is 0 Å². The standard InChI is InChI=1S/C13H17N3O2S/c1-17-11-5-4-10-12(15-11)16(13(19)14-10)7-9-3-2-6-18-8-9/h4-5,9H,2-3,6-8H2,1H3,(H,14,19). The van der Waals surface area contributed by atoms with Crippen LogP contribution in [0.4, 0.5) is 0 Å². The molecule has 1 unspecified atom stereocenters. The first kappa shape index (κ1) is 12.6. The van der Waals surface area contributed by atoms with Gasteiger partial charge in [-0.15, -0.1) is 0 Å². The number of H-pyrrole nitrogens is 1. The lowest BCUT2D eigenvalue weighted by Gasteiger charge is -2.22. The third-order valence-electron chi connectivity index (χ3n) is 3.50. The number of aromatic amines is 1. The van der Waals surface area contributed by atoms with E-state index in [9.17, 15) is 0 Å². The fourth-order valence-electron chi connectivity index (χ4n) is 2.51. The molecule has 1 N–H and O–H groups in total. The Bertz CT molecular complexity index is 628. The van der Waals surface area contributed by atoms with Crippen LogP contribution in [-0.2, 0) is 11.3 Å². The molecule has 0 amide bonds. The third kappa shape index (κ3) is 2.50. The van der Waals surface area contributed by atoms with Crippen molar-refractivity contribution in [3.8, 4) is 5.88 Å². The predicted octanol–water partition coefficient (Wildman–Crippen LogP) is 2.53. The number of hydrogen-bond acceptors (Lipinski definition) is 4. The van der Waals surface area contributed by atoms with Gasteiger partial charge in [0.05, 0.1) is 19.2 Å². The van der Waals surface area contributed by atoms with Crippen LogP contribution in [-0.4, -0.2) is 34.9 Å². The minimum absolute atomic E-state index is 0.507. The summed E-state index contributed by atoms with van der Waals surface area (Å²) in [6, 6.07) is 3.78. The van der Waals surface area contributed by atoms with Gasteiger partial charge in [-0.3, -0.25) is 0 Å². The zero-order chi connectivity index (χ0) is 13.2. The maximum absolute atomic E-state index is 5.53. The number of imidazole rings is 1. The summed E-state index contributed by atoms with van der Waals surface area (Å²) in [6.45, 7) is 2.53. The van der Waals surface area contributed by atoms with Crippen LogP contribution in [0.15, 0.2) is 12.1 Å². The Morgan fingerprint density at radius 3 is 3.21 bits per heavy atom. The number of hydrogen-bond donors (Lipinski definition) is 1. The van der Waals surface area contributed by atoms with Crippen molar-refractivity contribution >= 4 is 23.4 Å². The molecule has 5 nitrogen and oxygen atoms in total. The molecule has 0 saturated carbocycles. The number of pyridine rings is 1. The molecule has 1 aliphatic rings. The zero-order valence-electron chi connectivity index (χ0n) is 10.9. The van der Waals surface area contributed by atoms with Crippen molar-refractivity contribution in [1.29, 1.82) is 0 Å². The minimum Gasteiger partial charge on any atom is -0.481 e. The fraction of sp³-hybridized carbons (Fsp3) is 0.538. The molecule has 2 aromatic rings. The van der Waals surface area contributed by atoms with Gasteiger partial charge in [0.2, 0.25) is 5.88 Å². The number of nitrogens with one attached hydrogen (secondary N) is 1. The average molecular weight is 279 g/mol. The Balaban J connectivity index is 1.96. The summed E-state index contributed by atoms with van der Waals surface area (Å²) in [6.07, 6.45) is 2.30. The van der Waals surface area contributed by atoms with E-state index in [4.69, 9.17) is 21.7 Å². The molecule has 0 aliphatic carbocycles. The normalized spacial score (nSPS) is 19.7. The molecule has 1 aliphatic heterocycles. The van der Waals surface area contributed by atoms with Gasteiger partial charge in [-0.2, -0.15) is 4.98 Å². The highest BCUT2D eigenvalue weighted by Gasteiger charge is 2.17. The van der Waals surface area contributed by atoms with E-state index < -0.39 is 0 Å². The van der Waals surface area contributed by atoms with E-state index in [1.54, 1.807) is 7.11 Å². The molecule has 3 rings (SSSR count). The predicted molar refractivity (Wildman–Crippen MR) is 75.0 cm³/mol. The van der Waals surface area contributed by atoms with E-state index in [0.717, 1.165) is 37.3 Å². The van der Waals surface area contributed by atoms with Crippen LogP contribution in [0.1, 0.15) is 12.8 Å². The molecule has 1 fully saturated rings. The van der Waals surface area contributed by atoms with Crippen LogP contribution in [0.2, 0.25) is 0 Å². The van der Waals surface area contributed by atoms with Crippen molar-refractivity contribution < 1.29 is 9.47 Å². The summed E-state index contributed by atoms with van der Waals surface area (Å²) in [5.41, 5.74) is 1.80. The van der Waals surface area contributed by atoms with E-state index >= 15 is 0 Å². The molecule has 2 aromatic heterocycles. The fourth-order valence-corrected chi connectivity index (χ4v) is 2.78. The van der Waals surface area contributed by atoms with Gasteiger partial charge in [-0.05, 0) is 31.1 Å². The smallest absolute Gasteiger partial charge is 0.215 e. The second-order valence-electron chi connectivity index (χ2n) is 4.85. The van der Waals surface area contributed by atoms with Crippen LogP contribution in [0, 0.1) is 10.7 Å². The van der Waals surface area contributed by atoms with Gasteiger partial charge in [-0.1, -0.05) is 0 Å². The Morgan fingerprint density at radius 2 is 2.47 bits per heavy atom. The lowest BCUT2D eigenvalue weighted by Crippen LogP contribution is -2.22. The van der Waals surface area contributed by atoms with Crippen LogP contribution in [0.3, 0.4) is 0 Å². The first-order valence-electron chi connectivity index (χ1n) is 6.49. The summed E-state index contributed by atoms with van der Waals surface area (Å²) in [4.78, 5) is 7.67. The molecule has 1 atom stereocenters. The largest absolute Gasteiger partial charge is 0.481 e. The monoisotopic (exact) mass is 279 g/mol. The van der Waals surface area contributed by atoms with Crippen LogP contribution < -0.4 is 4.74 Å². The molecular formula is C13H17N3O2S. The second kappa shape index (κ2) is 5.30. The highest BCUT2D eigenvalue weighted by molar-refractivity contribution is 7.71. The topological polar surface area (TPSA) is 52.1 Å². The number of ether oxygens (including phenoxy) is 2. The Labute approximate surface area is 116 Å². The van der Waals surface area contributed by atoms with Crippen LogP contribution >= 0.6 is 12.2 Å². The minimum atomic E-state index is 0.507. The molecule has 0 aromatic carbocycles. The molecule has 0 bridgehead atoms. The van der Waals surface area contributed by atoms with Gasteiger partial charge in [-0.25, -0.2) is 0 Å². The molecular weight excluding hydrogens is 262 g/mol. The SMILES string of the molecule is COc1ccc2[nH]c(=S)n(CC3CCCOC3)c2n1. The highest BCUT2D eigenvalue weighted by Crippen LogP contribution is 2.21. The summed E-state index contributed by atoms with van der Waals surface area (Å²) in [5.74, 6) is 1.11. The maximum Gasteiger partial charge on any atom is 0.215 e. The Morgan fingerprint density at radius 1 is 1.58 bits per heavy atom. The van der Waals surface area contributed by atoms with E-state index in [2.05, 4.69) is 9.97 Å². The lowest BCUT2D eigenvalue weighted by molar-refractivity contribution is 0.0486. The molecule has 0 radical (unpaired) electrons. The first-order valence-corrected chi connectivity index (χ1v) is 6.90. The van der Waals surface area contributed by atoms with Crippen molar-refractivity contribution in [3.63, 3.8) is 0 Å². The highest BCUT2D eigenvalue weighted by atomic mass is 32.1. The van der Waals surface area contributed by atoms with E-state index in [-0.39, 0.29) is 0 Å². The number of fused-ring (bicyclic) bond motifs is 1. The molecule has 19 heavy (non-hydrogen) atoms. The molecule has 102 valence electrons. The van der Waals surface area contributed by atoms with Crippen molar-refractivity contribution in [1.82, 2.24) is 14.5 Å². The maximum atomic E-state index is 5.53. The summed E-state index contributed by atoms with van der Waals surface area (Å²) in [5, 5.41) is 0. The molecule has 0 spiro atoms. The quantitative estimate of drug-likeness (QED) is 0.877. The van der Waals surface area contributed by atoms with Crippen molar-refractivity contribution in [3.05, 3.63) is 16.9 Å². The number of methoxy groups -OCH3 is 1. The van der Waals surface area contributed by atoms with Crippen LogP contribution in [0.5, 0.6) is 5.88 Å². The lowest BCUT2D eigenvalue weighted by atomic mass is 10.0. The van der Waals surface area contributed by atoms with E-state index in [0.29, 0.717) is 16.6 Å². The third-order valence-corrected chi connectivity index (χ3v) is 3.82. The van der Waals surface area contributed by atoms with E-state index in [1.165, 1.54) is 6.42 Å². The van der Waals surface area contributed by atoms with Gasteiger partial charge in [0.25, 0.3) is 0 Å². The second-order valence-corrected chi connectivity index (χ2v) is 5.24. The van der Waals surface area contributed by atoms with Crippen molar-refractivity contribution in [2.24, 2.45) is 5.92 Å². The Hall–Kier alpha value is -1.40. The summed E-state index contributed by atoms with van der Waals surface area (Å²) >= 11 is 5.39. The molecule has 6 heteroatoms. The number of aromatic nitrogens is 3. The van der Waals surface area contributed by atoms with Crippen LogP contribution in [0.25, 0.3) is 11.2 Å². The molecule has 1 saturated heterocycles. The van der Waals surface area contributed by atoms with Crippen molar-refractivity contribution in [2.45, 2.75) is 19.4 Å². The Kier molecular flexibility index (Phi) is 3.52. The number of rotatable bonds is 3. The van der Waals surface area contributed by atoms with Gasteiger partial charge >= 0.3 is 0 Å². The van der Waals surface area contributed by atoms with Gasteiger partial charge in [0, 0.05) is 25.1 Å². The molecule has 3 heterocycles.